The van der Waals surface area contributed by atoms with Gasteiger partial charge < -0.3 is 10.4 Å². The van der Waals surface area contributed by atoms with Crippen molar-refractivity contribution in [2.75, 3.05) is 6.54 Å². The van der Waals surface area contributed by atoms with Crippen LogP contribution in [0.3, 0.4) is 0 Å². The molecule has 0 saturated carbocycles. The van der Waals surface area contributed by atoms with E-state index in [0.29, 0.717) is 6.54 Å². The molecule has 1 unspecified atom stereocenters. The maximum atomic E-state index is 10.6. The fraction of sp³-hybridized carbons (Fsp3) is 0.417. The van der Waals surface area contributed by atoms with Gasteiger partial charge in [0.05, 0.1) is 5.92 Å². The van der Waals surface area contributed by atoms with E-state index in [2.05, 4.69) is 5.32 Å². The highest BCUT2D eigenvalue weighted by Gasteiger charge is 2.12. The molecule has 2 N–H and O–H groups in total. The van der Waals surface area contributed by atoms with Crippen LogP contribution in [0.4, 0.5) is 0 Å². The number of hydrogen-bond donors (Lipinski definition) is 2. The quantitative estimate of drug-likeness (QED) is 0.777. The van der Waals surface area contributed by atoms with Crippen molar-refractivity contribution in [1.29, 1.82) is 0 Å². The topological polar surface area (TPSA) is 49.3 Å². The lowest BCUT2D eigenvalue weighted by Gasteiger charge is -2.15. The third kappa shape index (κ3) is 3.72. The molecule has 82 valence electrons. The normalized spacial score (nSPS) is 14.5. The summed E-state index contributed by atoms with van der Waals surface area (Å²) in [6, 6.07) is 10.2. The van der Waals surface area contributed by atoms with Crippen LogP contribution in [0, 0.1) is 5.92 Å². The molecule has 0 aliphatic carbocycles. The Labute approximate surface area is 90.1 Å². The third-order valence-corrected chi connectivity index (χ3v) is 2.45. The minimum absolute atomic E-state index is 0.188. The number of carboxylic acid groups (broad SMARTS) is 1. The van der Waals surface area contributed by atoms with E-state index < -0.39 is 5.97 Å². The predicted molar refractivity (Wildman–Crippen MR) is 59.7 cm³/mol. The molecular formula is C12H17NO2. The van der Waals surface area contributed by atoms with Gasteiger partial charge >= 0.3 is 5.97 Å². The van der Waals surface area contributed by atoms with Crippen LogP contribution in [0.25, 0.3) is 0 Å². The standard InChI is InChI=1S/C12H17NO2/c1-9(12(14)15)8-13-10(2)11-6-4-3-5-7-11/h3-7,9-10,13H,8H2,1-2H3,(H,14,15)/t9?,10-/m0/s1. The van der Waals surface area contributed by atoms with E-state index in [-0.39, 0.29) is 12.0 Å². The van der Waals surface area contributed by atoms with Crippen molar-refractivity contribution in [3.05, 3.63) is 35.9 Å². The van der Waals surface area contributed by atoms with Crippen molar-refractivity contribution in [3.63, 3.8) is 0 Å². The van der Waals surface area contributed by atoms with Crippen LogP contribution in [0.15, 0.2) is 30.3 Å². The second kappa shape index (κ2) is 5.51. The Hall–Kier alpha value is -1.35. The van der Waals surface area contributed by atoms with Crippen LogP contribution in [0.1, 0.15) is 25.5 Å². The molecule has 0 saturated heterocycles. The van der Waals surface area contributed by atoms with Crippen LogP contribution in [0.5, 0.6) is 0 Å². The van der Waals surface area contributed by atoms with E-state index in [1.807, 2.05) is 37.3 Å². The molecular weight excluding hydrogens is 190 g/mol. The van der Waals surface area contributed by atoms with Gasteiger partial charge in [0.15, 0.2) is 0 Å². The Morgan fingerprint density at radius 3 is 2.47 bits per heavy atom. The zero-order valence-corrected chi connectivity index (χ0v) is 9.10. The zero-order valence-electron chi connectivity index (χ0n) is 9.10. The molecule has 3 heteroatoms. The van der Waals surface area contributed by atoms with Gasteiger partial charge in [0.1, 0.15) is 0 Å². The van der Waals surface area contributed by atoms with Gasteiger partial charge in [-0.1, -0.05) is 37.3 Å². The number of nitrogens with one attached hydrogen (secondary N) is 1. The van der Waals surface area contributed by atoms with Crippen LogP contribution >= 0.6 is 0 Å². The first kappa shape index (κ1) is 11.7. The summed E-state index contributed by atoms with van der Waals surface area (Å²) >= 11 is 0. The van der Waals surface area contributed by atoms with E-state index in [4.69, 9.17) is 5.11 Å². The van der Waals surface area contributed by atoms with Crippen molar-refractivity contribution in [1.82, 2.24) is 5.32 Å². The first-order chi connectivity index (χ1) is 7.11. The Morgan fingerprint density at radius 1 is 1.33 bits per heavy atom. The molecule has 0 fully saturated rings. The van der Waals surface area contributed by atoms with E-state index in [9.17, 15) is 4.79 Å². The minimum atomic E-state index is -0.761. The summed E-state index contributed by atoms with van der Waals surface area (Å²) in [5.41, 5.74) is 1.18. The summed E-state index contributed by atoms with van der Waals surface area (Å²) in [5, 5.41) is 11.9. The molecule has 1 aromatic rings. The highest BCUT2D eigenvalue weighted by atomic mass is 16.4. The summed E-state index contributed by atoms with van der Waals surface area (Å²) in [6.45, 7) is 4.22. The fourth-order valence-electron chi connectivity index (χ4n) is 1.30. The van der Waals surface area contributed by atoms with Gasteiger partial charge in [-0.3, -0.25) is 4.79 Å². The number of rotatable bonds is 5. The SMILES string of the molecule is CC(CN[C@@H](C)c1ccccc1)C(=O)O. The molecule has 0 radical (unpaired) electrons. The second-order valence-corrected chi connectivity index (χ2v) is 3.78. The van der Waals surface area contributed by atoms with Crippen molar-refractivity contribution < 1.29 is 9.90 Å². The van der Waals surface area contributed by atoms with Crippen molar-refractivity contribution in [2.24, 2.45) is 5.92 Å². The number of hydrogen-bond acceptors (Lipinski definition) is 2. The molecule has 1 aromatic carbocycles. The van der Waals surface area contributed by atoms with E-state index >= 15 is 0 Å². The highest BCUT2D eigenvalue weighted by molar-refractivity contribution is 5.69. The second-order valence-electron chi connectivity index (χ2n) is 3.78. The third-order valence-electron chi connectivity index (χ3n) is 2.45. The Kier molecular flexibility index (Phi) is 4.31. The zero-order chi connectivity index (χ0) is 11.3. The molecule has 0 aliphatic rings. The molecule has 0 heterocycles. The molecule has 0 amide bonds. The molecule has 1 rings (SSSR count). The molecule has 0 spiro atoms. The number of carboxylic acids is 1. The Morgan fingerprint density at radius 2 is 1.93 bits per heavy atom. The number of aliphatic carboxylic acids is 1. The fourth-order valence-corrected chi connectivity index (χ4v) is 1.30. The van der Waals surface area contributed by atoms with Gasteiger partial charge in [0, 0.05) is 12.6 Å². The summed E-state index contributed by atoms with van der Waals surface area (Å²) in [7, 11) is 0. The van der Waals surface area contributed by atoms with Crippen LogP contribution in [-0.2, 0) is 4.79 Å². The van der Waals surface area contributed by atoms with Crippen molar-refractivity contribution in [2.45, 2.75) is 19.9 Å². The molecule has 2 atom stereocenters. The van der Waals surface area contributed by atoms with Gasteiger partial charge in [-0.25, -0.2) is 0 Å². The van der Waals surface area contributed by atoms with E-state index in [0.717, 1.165) is 0 Å². The molecule has 0 aliphatic heterocycles. The van der Waals surface area contributed by atoms with Gasteiger partial charge in [-0.05, 0) is 12.5 Å². The first-order valence-corrected chi connectivity index (χ1v) is 5.12. The minimum Gasteiger partial charge on any atom is -0.481 e. The van der Waals surface area contributed by atoms with Crippen molar-refractivity contribution >= 4 is 5.97 Å². The molecule has 0 bridgehead atoms. The lowest BCUT2D eigenvalue weighted by molar-refractivity contribution is -0.140. The molecule has 3 nitrogen and oxygen atoms in total. The van der Waals surface area contributed by atoms with Crippen LogP contribution in [-0.4, -0.2) is 17.6 Å². The van der Waals surface area contributed by atoms with Gasteiger partial charge in [0.25, 0.3) is 0 Å². The van der Waals surface area contributed by atoms with Crippen LogP contribution in [0.2, 0.25) is 0 Å². The lowest BCUT2D eigenvalue weighted by Crippen LogP contribution is -2.28. The van der Waals surface area contributed by atoms with E-state index in [1.54, 1.807) is 6.92 Å². The summed E-state index contributed by atoms with van der Waals surface area (Å²) in [6.07, 6.45) is 0. The summed E-state index contributed by atoms with van der Waals surface area (Å²) < 4.78 is 0. The summed E-state index contributed by atoms with van der Waals surface area (Å²) in [4.78, 5) is 10.6. The van der Waals surface area contributed by atoms with Gasteiger partial charge in [-0.2, -0.15) is 0 Å². The average molecular weight is 207 g/mol. The summed E-state index contributed by atoms with van der Waals surface area (Å²) in [5.74, 6) is -1.11. The van der Waals surface area contributed by atoms with Gasteiger partial charge in [-0.15, -0.1) is 0 Å². The van der Waals surface area contributed by atoms with Gasteiger partial charge in [0.2, 0.25) is 0 Å². The predicted octanol–water partition coefficient (Wildman–Crippen LogP) is 2.06. The number of benzene rings is 1. The smallest absolute Gasteiger partial charge is 0.307 e. The van der Waals surface area contributed by atoms with E-state index in [1.165, 1.54) is 5.56 Å². The monoisotopic (exact) mass is 207 g/mol. The maximum absolute atomic E-state index is 10.6. The Bertz CT molecular complexity index is 311. The van der Waals surface area contributed by atoms with Crippen molar-refractivity contribution in [3.8, 4) is 0 Å². The van der Waals surface area contributed by atoms with Crippen LogP contribution < -0.4 is 5.32 Å². The number of carbonyl (C=O) groups is 1. The average Bonchev–Trinajstić information content (AvgIpc) is 2.26. The highest BCUT2D eigenvalue weighted by Crippen LogP contribution is 2.11. The molecule has 0 aromatic heterocycles. The first-order valence-electron chi connectivity index (χ1n) is 5.12. The largest absolute Gasteiger partial charge is 0.481 e. The Balaban J connectivity index is 2.43. The maximum Gasteiger partial charge on any atom is 0.307 e. The lowest BCUT2D eigenvalue weighted by atomic mass is 10.1. The molecule has 15 heavy (non-hydrogen) atoms.